The van der Waals surface area contributed by atoms with E-state index in [9.17, 15) is 9.59 Å². The first kappa shape index (κ1) is 16.3. The Bertz CT molecular complexity index is 778. The monoisotopic (exact) mass is 318 g/mol. The van der Waals surface area contributed by atoms with E-state index in [0.717, 1.165) is 11.1 Å². The van der Waals surface area contributed by atoms with Gasteiger partial charge in [0.25, 0.3) is 5.56 Å². The summed E-state index contributed by atoms with van der Waals surface area (Å²) in [4.78, 5) is 24.2. The van der Waals surface area contributed by atoms with Gasteiger partial charge in [0.15, 0.2) is 0 Å². The summed E-state index contributed by atoms with van der Waals surface area (Å²) in [5.41, 5.74) is 1.34. The van der Waals surface area contributed by atoms with E-state index < -0.39 is 5.41 Å². The molecule has 2 aromatic rings. The third-order valence-corrected chi connectivity index (χ3v) is 4.03. The van der Waals surface area contributed by atoms with Gasteiger partial charge in [-0.1, -0.05) is 23.7 Å². The summed E-state index contributed by atoms with van der Waals surface area (Å²) in [6.45, 7) is 5.47. The molecule has 1 aromatic carbocycles. The van der Waals surface area contributed by atoms with Crippen LogP contribution in [0.25, 0.3) is 0 Å². The minimum Gasteiger partial charge on any atom is -0.324 e. The fraction of sp³-hybridized carbons (Fsp3) is 0.294. The SMILES string of the molecule is Cc1cc(=O)n(C)cc1NC(=O)C(C)(C)c1cccc(Cl)c1. The predicted molar refractivity (Wildman–Crippen MR) is 89.5 cm³/mol. The molecule has 0 saturated carbocycles. The van der Waals surface area contributed by atoms with Gasteiger partial charge in [0.05, 0.1) is 11.1 Å². The van der Waals surface area contributed by atoms with Crippen LogP contribution in [-0.4, -0.2) is 10.5 Å². The Labute approximate surface area is 134 Å². The van der Waals surface area contributed by atoms with Crippen molar-refractivity contribution in [3.63, 3.8) is 0 Å². The maximum atomic E-state index is 12.7. The van der Waals surface area contributed by atoms with Crippen LogP contribution in [0.15, 0.2) is 41.3 Å². The second kappa shape index (κ2) is 5.97. The summed E-state index contributed by atoms with van der Waals surface area (Å²) in [6, 6.07) is 8.76. The lowest BCUT2D eigenvalue weighted by molar-refractivity contribution is -0.120. The largest absolute Gasteiger partial charge is 0.324 e. The fourth-order valence-electron chi connectivity index (χ4n) is 2.14. The fourth-order valence-corrected chi connectivity index (χ4v) is 2.33. The molecule has 4 nitrogen and oxygen atoms in total. The molecule has 116 valence electrons. The highest BCUT2D eigenvalue weighted by atomic mass is 35.5. The Kier molecular flexibility index (Phi) is 4.42. The van der Waals surface area contributed by atoms with Crippen molar-refractivity contribution in [1.29, 1.82) is 0 Å². The highest BCUT2D eigenvalue weighted by molar-refractivity contribution is 6.30. The van der Waals surface area contributed by atoms with Crippen molar-refractivity contribution < 1.29 is 4.79 Å². The molecule has 0 spiro atoms. The van der Waals surface area contributed by atoms with E-state index in [4.69, 9.17) is 11.6 Å². The number of hydrogen-bond donors (Lipinski definition) is 1. The number of halogens is 1. The van der Waals surface area contributed by atoms with Crippen molar-refractivity contribution in [1.82, 2.24) is 4.57 Å². The molecule has 0 atom stereocenters. The number of nitrogens with one attached hydrogen (secondary N) is 1. The highest BCUT2D eigenvalue weighted by Gasteiger charge is 2.30. The van der Waals surface area contributed by atoms with Crippen LogP contribution in [0.2, 0.25) is 5.02 Å². The lowest BCUT2D eigenvalue weighted by atomic mass is 9.83. The topological polar surface area (TPSA) is 51.1 Å². The summed E-state index contributed by atoms with van der Waals surface area (Å²) in [7, 11) is 1.65. The Morgan fingerprint density at radius 2 is 1.95 bits per heavy atom. The lowest BCUT2D eigenvalue weighted by Crippen LogP contribution is -2.35. The van der Waals surface area contributed by atoms with Gasteiger partial charge in [0.2, 0.25) is 5.91 Å². The van der Waals surface area contributed by atoms with E-state index in [2.05, 4.69) is 5.32 Å². The molecular weight excluding hydrogens is 300 g/mol. The molecule has 0 aliphatic heterocycles. The first-order chi connectivity index (χ1) is 10.2. The van der Waals surface area contributed by atoms with Gasteiger partial charge in [-0.15, -0.1) is 0 Å². The van der Waals surface area contributed by atoms with Crippen LogP contribution in [0.3, 0.4) is 0 Å². The van der Waals surface area contributed by atoms with Crippen molar-refractivity contribution in [2.24, 2.45) is 7.05 Å². The number of hydrogen-bond acceptors (Lipinski definition) is 2. The molecule has 1 aromatic heterocycles. The van der Waals surface area contributed by atoms with Crippen molar-refractivity contribution in [3.8, 4) is 0 Å². The minimum absolute atomic E-state index is 0.107. The number of aryl methyl sites for hydroxylation is 2. The molecule has 0 bridgehead atoms. The number of carbonyl (C=O) groups excluding carboxylic acids is 1. The van der Waals surface area contributed by atoms with E-state index in [1.807, 2.05) is 26.0 Å². The molecule has 1 heterocycles. The maximum absolute atomic E-state index is 12.7. The molecule has 0 fully saturated rings. The van der Waals surface area contributed by atoms with Crippen LogP contribution in [0.4, 0.5) is 5.69 Å². The summed E-state index contributed by atoms with van der Waals surface area (Å²) in [6.07, 6.45) is 1.63. The van der Waals surface area contributed by atoms with Crippen LogP contribution in [-0.2, 0) is 17.3 Å². The molecule has 0 aliphatic carbocycles. The second-order valence-electron chi connectivity index (χ2n) is 5.91. The Morgan fingerprint density at radius 3 is 2.59 bits per heavy atom. The number of carbonyl (C=O) groups is 1. The van der Waals surface area contributed by atoms with E-state index in [1.165, 1.54) is 10.6 Å². The first-order valence-electron chi connectivity index (χ1n) is 6.96. The van der Waals surface area contributed by atoms with Gasteiger partial charge in [-0.3, -0.25) is 9.59 Å². The van der Waals surface area contributed by atoms with Gasteiger partial charge in [0.1, 0.15) is 0 Å². The lowest BCUT2D eigenvalue weighted by Gasteiger charge is -2.25. The number of rotatable bonds is 3. The molecule has 0 saturated heterocycles. The summed E-state index contributed by atoms with van der Waals surface area (Å²) in [5, 5.41) is 3.49. The normalized spacial score (nSPS) is 11.3. The average molecular weight is 319 g/mol. The van der Waals surface area contributed by atoms with Gasteiger partial charge in [-0.05, 0) is 44.0 Å². The van der Waals surface area contributed by atoms with Gasteiger partial charge < -0.3 is 9.88 Å². The third kappa shape index (κ3) is 3.22. The van der Waals surface area contributed by atoms with Crippen LogP contribution >= 0.6 is 11.6 Å². The van der Waals surface area contributed by atoms with Crippen LogP contribution in [0.1, 0.15) is 25.0 Å². The summed E-state index contributed by atoms with van der Waals surface area (Å²) >= 11 is 6.01. The number of aromatic nitrogens is 1. The number of nitrogens with zero attached hydrogens (tertiary/aromatic N) is 1. The molecule has 2 rings (SSSR count). The van der Waals surface area contributed by atoms with Crippen LogP contribution in [0.5, 0.6) is 0 Å². The molecule has 5 heteroatoms. The zero-order valence-electron chi connectivity index (χ0n) is 13.1. The minimum atomic E-state index is -0.744. The number of amides is 1. The molecule has 1 amide bonds. The van der Waals surface area contributed by atoms with E-state index in [0.29, 0.717) is 10.7 Å². The van der Waals surface area contributed by atoms with Crippen LogP contribution < -0.4 is 10.9 Å². The third-order valence-electron chi connectivity index (χ3n) is 3.80. The van der Waals surface area contributed by atoms with E-state index >= 15 is 0 Å². The summed E-state index contributed by atoms with van der Waals surface area (Å²) in [5.74, 6) is -0.156. The molecular formula is C17H19ClN2O2. The Hall–Kier alpha value is -2.07. The Balaban J connectivity index is 2.32. The predicted octanol–water partition coefficient (Wildman–Crippen LogP) is 3.26. The highest BCUT2D eigenvalue weighted by Crippen LogP contribution is 2.27. The smallest absolute Gasteiger partial charge is 0.250 e. The maximum Gasteiger partial charge on any atom is 0.250 e. The molecule has 22 heavy (non-hydrogen) atoms. The quantitative estimate of drug-likeness (QED) is 0.944. The van der Waals surface area contributed by atoms with Crippen molar-refractivity contribution in [2.75, 3.05) is 5.32 Å². The molecule has 1 N–H and O–H groups in total. The number of pyridine rings is 1. The van der Waals surface area contributed by atoms with E-state index in [1.54, 1.807) is 32.3 Å². The van der Waals surface area contributed by atoms with Crippen molar-refractivity contribution in [3.05, 3.63) is 63.0 Å². The molecule has 0 unspecified atom stereocenters. The van der Waals surface area contributed by atoms with Gasteiger partial charge in [-0.25, -0.2) is 0 Å². The second-order valence-corrected chi connectivity index (χ2v) is 6.35. The van der Waals surface area contributed by atoms with Crippen molar-refractivity contribution >= 4 is 23.2 Å². The zero-order chi connectivity index (χ0) is 16.5. The number of anilines is 1. The van der Waals surface area contributed by atoms with E-state index in [-0.39, 0.29) is 11.5 Å². The standard InChI is InChI=1S/C17H19ClN2O2/c1-11-8-15(21)20(4)10-14(11)19-16(22)17(2,3)12-6-5-7-13(18)9-12/h5-10H,1-4H3,(H,19,22). The van der Waals surface area contributed by atoms with Gasteiger partial charge >= 0.3 is 0 Å². The van der Waals surface area contributed by atoms with Gasteiger partial charge in [0, 0.05) is 24.3 Å². The Morgan fingerprint density at radius 1 is 1.27 bits per heavy atom. The van der Waals surface area contributed by atoms with Crippen molar-refractivity contribution in [2.45, 2.75) is 26.2 Å². The summed E-state index contributed by atoms with van der Waals surface area (Å²) < 4.78 is 1.44. The van der Waals surface area contributed by atoms with Crippen LogP contribution in [0, 0.1) is 6.92 Å². The average Bonchev–Trinajstić information content (AvgIpc) is 2.44. The zero-order valence-corrected chi connectivity index (χ0v) is 13.9. The molecule has 0 aliphatic rings. The first-order valence-corrected chi connectivity index (χ1v) is 7.34. The van der Waals surface area contributed by atoms with Gasteiger partial charge in [-0.2, -0.15) is 0 Å². The molecule has 0 radical (unpaired) electrons. The number of benzene rings is 1.